The summed E-state index contributed by atoms with van der Waals surface area (Å²) in [6.45, 7) is 5.52. The van der Waals surface area contributed by atoms with Crippen LogP contribution in [0.2, 0.25) is 0 Å². The van der Waals surface area contributed by atoms with Crippen LogP contribution in [-0.2, 0) is 11.3 Å². The lowest BCUT2D eigenvalue weighted by molar-refractivity contribution is -0.117. The number of hydrogen-bond acceptors (Lipinski definition) is 10. The van der Waals surface area contributed by atoms with Crippen molar-refractivity contribution in [3.63, 3.8) is 0 Å². The lowest BCUT2D eigenvalue weighted by atomic mass is 9.98. The van der Waals surface area contributed by atoms with Crippen molar-refractivity contribution in [2.45, 2.75) is 33.4 Å². The van der Waals surface area contributed by atoms with Crippen molar-refractivity contribution < 1.29 is 23.5 Å². The molecule has 2 aromatic heterocycles. The van der Waals surface area contributed by atoms with Crippen LogP contribution >= 0.6 is 0 Å². The van der Waals surface area contributed by atoms with E-state index < -0.39 is 23.3 Å². The fraction of sp³-hybridized carbons (Fsp3) is 0.259. The summed E-state index contributed by atoms with van der Waals surface area (Å²) in [4.78, 5) is 32.9. The molecule has 196 valence electrons. The number of Topliss-reactive ketones (excluding diaryl/α,β-unsaturated/α-hetero) is 2. The summed E-state index contributed by atoms with van der Waals surface area (Å²) in [7, 11) is 0. The zero-order chi connectivity index (χ0) is 27.4. The number of hydrogen-bond donors (Lipinski definition) is 3. The van der Waals surface area contributed by atoms with Gasteiger partial charge >= 0.3 is 0 Å². The van der Waals surface area contributed by atoms with Crippen molar-refractivity contribution in [2.75, 3.05) is 12.3 Å². The molecular formula is C27H27FN6O4. The van der Waals surface area contributed by atoms with Gasteiger partial charge in [-0.3, -0.25) is 9.59 Å². The van der Waals surface area contributed by atoms with Gasteiger partial charge in [-0.1, -0.05) is 44.2 Å². The number of aromatic nitrogens is 4. The van der Waals surface area contributed by atoms with Gasteiger partial charge in [0.25, 0.3) is 11.8 Å². The minimum Gasteiger partial charge on any atom is -0.414 e. The van der Waals surface area contributed by atoms with Gasteiger partial charge < -0.3 is 20.6 Å². The van der Waals surface area contributed by atoms with Gasteiger partial charge in [-0.2, -0.15) is 0 Å². The molecular weight excluding hydrogens is 491 g/mol. The number of nitrogens with one attached hydrogen (secondary N) is 1. The van der Waals surface area contributed by atoms with Gasteiger partial charge in [-0.25, -0.2) is 14.4 Å². The standard InChI is InChI=1S/C27H27FN6O4/c1-14(2)23(36)24(37)18-7-5-17(6-8-18)21-12-31-25(29)22(32-21)27-34-33-26(38-27)19-9-4-16(10-20(19)28)11-30-15(3)13-35/h4-10,12,14-15,30,35H,11,13H2,1-3H3,(H2,29,31)/t15-/m1/s1. The number of anilines is 1. The summed E-state index contributed by atoms with van der Waals surface area (Å²) in [5.74, 6) is -2.00. The molecule has 0 saturated carbocycles. The van der Waals surface area contributed by atoms with Crippen molar-refractivity contribution in [1.29, 1.82) is 0 Å². The molecule has 0 unspecified atom stereocenters. The van der Waals surface area contributed by atoms with Gasteiger partial charge in [0.1, 0.15) is 5.82 Å². The Morgan fingerprint density at radius 1 is 1.08 bits per heavy atom. The molecule has 1 atom stereocenters. The lowest BCUT2D eigenvalue weighted by Crippen LogP contribution is -2.28. The SMILES string of the molecule is CC(C)C(=O)C(=O)c1ccc(-c2cnc(N)c(-c3nnc(-c4ccc(CN[C@H](C)CO)cc4F)o3)n2)cc1. The smallest absolute Gasteiger partial charge is 0.270 e. The quantitative estimate of drug-likeness (QED) is 0.210. The van der Waals surface area contributed by atoms with Crippen LogP contribution in [0.15, 0.2) is 53.1 Å². The third-order valence-corrected chi connectivity index (χ3v) is 5.81. The highest BCUT2D eigenvalue weighted by Gasteiger charge is 2.21. The van der Waals surface area contributed by atoms with Gasteiger partial charge in [-0.15, -0.1) is 10.2 Å². The van der Waals surface area contributed by atoms with Crippen LogP contribution in [0.4, 0.5) is 10.2 Å². The number of nitrogens with zero attached hydrogens (tertiary/aromatic N) is 4. The first-order chi connectivity index (χ1) is 18.2. The number of nitrogens with two attached hydrogens (primary N) is 1. The highest BCUT2D eigenvalue weighted by Crippen LogP contribution is 2.29. The van der Waals surface area contributed by atoms with Gasteiger partial charge in [-0.05, 0) is 24.6 Å². The number of halogens is 1. The fourth-order valence-corrected chi connectivity index (χ4v) is 3.52. The van der Waals surface area contributed by atoms with E-state index in [0.717, 1.165) is 0 Å². The molecule has 0 bridgehead atoms. The van der Waals surface area contributed by atoms with Crippen molar-refractivity contribution >= 4 is 17.4 Å². The number of benzene rings is 2. The molecule has 4 N–H and O–H groups in total. The number of rotatable bonds is 10. The zero-order valence-electron chi connectivity index (χ0n) is 21.1. The monoisotopic (exact) mass is 518 g/mol. The summed E-state index contributed by atoms with van der Waals surface area (Å²) in [5, 5.41) is 20.1. The normalized spacial score (nSPS) is 12.1. The second-order valence-electron chi connectivity index (χ2n) is 9.11. The molecule has 4 rings (SSSR count). The maximum absolute atomic E-state index is 14.8. The average molecular weight is 519 g/mol. The molecule has 0 aliphatic rings. The first-order valence-electron chi connectivity index (χ1n) is 12.0. The number of nitrogen functional groups attached to an aromatic ring is 1. The minimum atomic E-state index is -0.551. The Hall–Kier alpha value is -4.35. The highest BCUT2D eigenvalue weighted by molar-refractivity contribution is 6.44. The Balaban J connectivity index is 1.57. The molecule has 0 aliphatic carbocycles. The molecule has 0 radical (unpaired) electrons. The summed E-state index contributed by atoms with van der Waals surface area (Å²) in [6, 6.07) is 10.9. The molecule has 2 heterocycles. The Kier molecular flexibility index (Phi) is 7.99. The van der Waals surface area contributed by atoms with Crippen molar-refractivity contribution in [3.05, 3.63) is 65.6 Å². The van der Waals surface area contributed by atoms with E-state index in [2.05, 4.69) is 25.5 Å². The van der Waals surface area contributed by atoms with E-state index in [1.165, 1.54) is 18.3 Å². The number of ketones is 2. The maximum atomic E-state index is 14.8. The summed E-state index contributed by atoms with van der Waals surface area (Å²) >= 11 is 0. The zero-order valence-corrected chi connectivity index (χ0v) is 21.1. The van der Waals surface area contributed by atoms with Gasteiger partial charge in [0.2, 0.25) is 11.6 Å². The molecule has 0 aliphatic heterocycles. The van der Waals surface area contributed by atoms with Crippen LogP contribution in [-0.4, -0.2) is 49.5 Å². The van der Waals surface area contributed by atoms with E-state index in [9.17, 15) is 14.0 Å². The van der Waals surface area contributed by atoms with E-state index in [1.807, 2.05) is 6.92 Å². The predicted molar refractivity (Wildman–Crippen MR) is 138 cm³/mol. The molecule has 2 aromatic carbocycles. The number of carbonyl (C=O) groups excluding carboxylic acids is 2. The molecule has 4 aromatic rings. The predicted octanol–water partition coefficient (Wildman–Crippen LogP) is 3.46. The van der Waals surface area contributed by atoms with Crippen LogP contribution in [0.25, 0.3) is 34.3 Å². The average Bonchev–Trinajstić information content (AvgIpc) is 3.41. The van der Waals surface area contributed by atoms with Crippen LogP contribution in [0.1, 0.15) is 36.7 Å². The first kappa shape index (κ1) is 26.7. The second-order valence-corrected chi connectivity index (χ2v) is 9.11. The summed E-state index contributed by atoms with van der Waals surface area (Å²) in [5.41, 5.74) is 8.26. The second kappa shape index (κ2) is 11.4. The molecule has 0 saturated heterocycles. The molecule has 10 nitrogen and oxygen atoms in total. The molecule has 38 heavy (non-hydrogen) atoms. The Bertz CT molecular complexity index is 1470. The molecule has 0 spiro atoms. The largest absolute Gasteiger partial charge is 0.414 e. The first-order valence-corrected chi connectivity index (χ1v) is 12.0. The van der Waals surface area contributed by atoms with E-state index in [-0.39, 0.29) is 47.1 Å². The Morgan fingerprint density at radius 2 is 1.79 bits per heavy atom. The third kappa shape index (κ3) is 5.79. The van der Waals surface area contributed by atoms with E-state index in [4.69, 9.17) is 15.3 Å². The van der Waals surface area contributed by atoms with Crippen LogP contribution in [0.3, 0.4) is 0 Å². The van der Waals surface area contributed by atoms with Gasteiger partial charge in [0, 0.05) is 29.6 Å². The lowest BCUT2D eigenvalue weighted by Gasteiger charge is -2.10. The number of carbonyl (C=O) groups is 2. The van der Waals surface area contributed by atoms with Crippen molar-refractivity contribution in [2.24, 2.45) is 5.92 Å². The summed E-state index contributed by atoms with van der Waals surface area (Å²) < 4.78 is 20.5. The van der Waals surface area contributed by atoms with Crippen LogP contribution < -0.4 is 11.1 Å². The highest BCUT2D eigenvalue weighted by atomic mass is 19.1. The number of aliphatic hydroxyl groups excluding tert-OH is 1. The maximum Gasteiger partial charge on any atom is 0.270 e. The number of aliphatic hydroxyl groups is 1. The fourth-order valence-electron chi connectivity index (χ4n) is 3.52. The van der Waals surface area contributed by atoms with Gasteiger partial charge in [0.05, 0.1) is 24.1 Å². The topological polar surface area (TPSA) is 157 Å². The Labute approximate surface area is 218 Å². The van der Waals surface area contributed by atoms with E-state index in [0.29, 0.717) is 23.4 Å². The molecule has 11 heteroatoms. The third-order valence-electron chi connectivity index (χ3n) is 5.81. The molecule has 0 amide bonds. The van der Waals surface area contributed by atoms with E-state index in [1.54, 1.807) is 44.2 Å². The van der Waals surface area contributed by atoms with E-state index >= 15 is 0 Å². The Morgan fingerprint density at radius 3 is 2.45 bits per heavy atom. The minimum absolute atomic E-state index is 0.0250. The van der Waals surface area contributed by atoms with Crippen LogP contribution in [0.5, 0.6) is 0 Å². The summed E-state index contributed by atoms with van der Waals surface area (Å²) in [6.07, 6.45) is 1.45. The van der Waals surface area contributed by atoms with Crippen molar-refractivity contribution in [3.8, 4) is 34.3 Å². The van der Waals surface area contributed by atoms with Crippen LogP contribution in [0, 0.1) is 11.7 Å². The molecule has 0 fully saturated rings. The van der Waals surface area contributed by atoms with Crippen molar-refractivity contribution in [1.82, 2.24) is 25.5 Å². The van der Waals surface area contributed by atoms with Gasteiger partial charge in [0.15, 0.2) is 11.5 Å².